The Kier molecular flexibility index (Phi) is 4.86. The third kappa shape index (κ3) is 3.93. The van der Waals surface area contributed by atoms with Crippen molar-refractivity contribution in [2.45, 2.75) is 49.0 Å². The zero-order chi connectivity index (χ0) is 17.2. The predicted octanol–water partition coefficient (Wildman–Crippen LogP) is 4.59. The van der Waals surface area contributed by atoms with Crippen LogP contribution in [-0.2, 0) is 4.79 Å². The molecule has 0 spiro atoms. The van der Waals surface area contributed by atoms with Gasteiger partial charge in [0.15, 0.2) is 0 Å². The SMILES string of the molecule is C[C@H](Sc1ccccc1)C(=O)N[C@@H]1CC(C)(C)Oc2ccccc21. The average molecular weight is 341 g/mol. The van der Waals surface area contributed by atoms with Crippen LogP contribution in [0.25, 0.3) is 0 Å². The number of para-hydroxylation sites is 1. The highest BCUT2D eigenvalue weighted by Crippen LogP contribution is 2.39. The van der Waals surface area contributed by atoms with Crippen molar-refractivity contribution in [3.05, 3.63) is 60.2 Å². The lowest BCUT2D eigenvalue weighted by Crippen LogP contribution is -2.43. The fourth-order valence-electron chi connectivity index (χ4n) is 2.98. The predicted molar refractivity (Wildman–Crippen MR) is 98.4 cm³/mol. The highest BCUT2D eigenvalue weighted by Gasteiger charge is 2.34. The number of nitrogens with one attached hydrogen (secondary N) is 1. The van der Waals surface area contributed by atoms with Gasteiger partial charge in [0.25, 0.3) is 0 Å². The molecule has 3 nitrogen and oxygen atoms in total. The quantitative estimate of drug-likeness (QED) is 0.827. The second kappa shape index (κ2) is 6.89. The van der Waals surface area contributed by atoms with E-state index in [0.29, 0.717) is 0 Å². The van der Waals surface area contributed by atoms with Crippen LogP contribution in [0.5, 0.6) is 5.75 Å². The molecule has 0 aliphatic carbocycles. The number of carbonyl (C=O) groups excluding carboxylic acids is 1. The number of thioether (sulfide) groups is 1. The lowest BCUT2D eigenvalue weighted by Gasteiger charge is -2.38. The zero-order valence-corrected chi connectivity index (χ0v) is 15.1. The van der Waals surface area contributed by atoms with Crippen LogP contribution in [0, 0.1) is 0 Å². The monoisotopic (exact) mass is 341 g/mol. The van der Waals surface area contributed by atoms with Crippen molar-refractivity contribution in [1.82, 2.24) is 5.32 Å². The Balaban J connectivity index is 1.72. The normalized spacial score (nSPS) is 19.7. The Morgan fingerprint density at radius 3 is 2.58 bits per heavy atom. The van der Waals surface area contributed by atoms with Crippen LogP contribution in [0.15, 0.2) is 59.5 Å². The van der Waals surface area contributed by atoms with Gasteiger partial charge in [-0.3, -0.25) is 4.79 Å². The minimum absolute atomic E-state index is 0.0173. The molecule has 1 heterocycles. The van der Waals surface area contributed by atoms with Crippen LogP contribution in [0.3, 0.4) is 0 Å². The molecule has 126 valence electrons. The number of fused-ring (bicyclic) bond motifs is 1. The van der Waals surface area contributed by atoms with Gasteiger partial charge in [-0.1, -0.05) is 36.4 Å². The molecule has 24 heavy (non-hydrogen) atoms. The zero-order valence-electron chi connectivity index (χ0n) is 14.3. The summed E-state index contributed by atoms with van der Waals surface area (Å²) in [7, 11) is 0. The summed E-state index contributed by atoms with van der Waals surface area (Å²) >= 11 is 1.58. The van der Waals surface area contributed by atoms with Crippen molar-refractivity contribution in [2.75, 3.05) is 0 Å². The van der Waals surface area contributed by atoms with E-state index in [2.05, 4.69) is 19.2 Å². The standard InChI is InChI=1S/C20H23NO2S/c1-14(24-15-9-5-4-6-10-15)19(22)21-17-13-20(2,3)23-18-12-8-7-11-16(17)18/h4-12,14,17H,13H2,1-3H3,(H,21,22)/t14-,17+/m0/s1. The maximum atomic E-state index is 12.7. The van der Waals surface area contributed by atoms with Crippen molar-refractivity contribution in [1.29, 1.82) is 0 Å². The molecule has 0 radical (unpaired) electrons. The van der Waals surface area contributed by atoms with Gasteiger partial charge in [-0.05, 0) is 39.0 Å². The first kappa shape index (κ1) is 16.9. The van der Waals surface area contributed by atoms with E-state index in [1.54, 1.807) is 11.8 Å². The van der Waals surface area contributed by atoms with E-state index in [9.17, 15) is 4.79 Å². The van der Waals surface area contributed by atoms with Crippen LogP contribution in [0.2, 0.25) is 0 Å². The number of amides is 1. The van der Waals surface area contributed by atoms with E-state index < -0.39 is 0 Å². The lowest BCUT2D eigenvalue weighted by molar-refractivity contribution is -0.121. The second-order valence-electron chi connectivity index (χ2n) is 6.74. The van der Waals surface area contributed by atoms with Crippen molar-refractivity contribution >= 4 is 17.7 Å². The first-order chi connectivity index (χ1) is 11.4. The maximum absolute atomic E-state index is 12.7. The third-order valence-electron chi connectivity index (χ3n) is 4.12. The van der Waals surface area contributed by atoms with E-state index in [-0.39, 0.29) is 22.8 Å². The smallest absolute Gasteiger partial charge is 0.233 e. The molecule has 2 aromatic rings. The summed E-state index contributed by atoms with van der Waals surface area (Å²) < 4.78 is 6.03. The van der Waals surface area contributed by atoms with E-state index in [1.165, 1.54) is 0 Å². The van der Waals surface area contributed by atoms with E-state index in [0.717, 1.165) is 22.6 Å². The molecule has 0 bridgehead atoms. The van der Waals surface area contributed by atoms with Crippen LogP contribution in [0.1, 0.15) is 38.8 Å². The Bertz CT molecular complexity index is 715. The van der Waals surface area contributed by atoms with Gasteiger partial charge in [0.2, 0.25) is 5.91 Å². The van der Waals surface area contributed by atoms with Gasteiger partial charge in [-0.2, -0.15) is 0 Å². The summed E-state index contributed by atoms with van der Waals surface area (Å²) in [6.45, 7) is 6.07. The molecule has 4 heteroatoms. The molecule has 0 unspecified atom stereocenters. The number of ether oxygens (including phenoxy) is 1. The fourth-order valence-corrected chi connectivity index (χ4v) is 3.87. The molecular formula is C20H23NO2S. The summed E-state index contributed by atoms with van der Waals surface area (Å²) in [6.07, 6.45) is 0.762. The van der Waals surface area contributed by atoms with Crippen molar-refractivity contribution in [2.24, 2.45) is 0 Å². The Morgan fingerprint density at radius 2 is 1.83 bits per heavy atom. The number of rotatable bonds is 4. The third-order valence-corrected chi connectivity index (χ3v) is 5.23. The molecule has 0 aromatic heterocycles. The molecule has 1 aliphatic heterocycles. The summed E-state index contributed by atoms with van der Waals surface area (Å²) in [5, 5.41) is 3.06. The summed E-state index contributed by atoms with van der Waals surface area (Å²) in [4.78, 5) is 13.8. The van der Waals surface area contributed by atoms with Crippen LogP contribution in [-0.4, -0.2) is 16.8 Å². The topological polar surface area (TPSA) is 38.3 Å². The average Bonchev–Trinajstić information content (AvgIpc) is 2.54. The highest BCUT2D eigenvalue weighted by atomic mass is 32.2. The second-order valence-corrected chi connectivity index (χ2v) is 8.15. The molecular weight excluding hydrogens is 318 g/mol. The molecule has 2 aromatic carbocycles. The van der Waals surface area contributed by atoms with Crippen molar-refractivity contribution in [3.8, 4) is 5.75 Å². The Morgan fingerprint density at radius 1 is 1.17 bits per heavy atom. The minimum Gasteiger partial charge on any atom is -0.487 e. The van der Waals surface area contributed by atoms with Gasteiger partial charge in [-0.15, -0.1) is 11.8 Å². The molecule has 0 saturated heterocycles. The molecule has 0 fully saturated rings. The maximum Gasteiger partial charge on any atom is 0.233 e. The molecule has 0 saturated carbocycles. The van der Waals surface area contributed by atoms with Crippen molar-refractivity contribution in [3.63, 3.8) is 0 Å². The largest absolute Gasteiger partial charge is 0.487 e. The molecule has 1 N–H and O–H groups in total. The lowest BCUT2D eigenvalue weighted by atomic mass is 9.89. The summed E-state index contributed by atoms with van der Waals surface area (Å²) in [5.41, 5.74) is 0.768. The van der Waals surface area contributed by atoms with Gasteiger partial charge >= 0.3 is 0 Å². The van der Waals surface area contributed by atoms with Crippen LogP contribution >= 0.6 is 11.8 Å². The van der Waals surface area contributed by atoms with Crippen LogP contribution in [0.4, 0.5) is 0 Å². The minimum atomic E-state index is -0.290. The van der Waals surface area contributed by atoms with Gasteiger partial charge < -0.3 is 10.1 Å². The Hall–Kier alpha value is -1.94. The van der Waals surface area contributed by atoms with Gasteiger partial charge in [0.1, 0.15) is 11.4 Å². The number of hydrogen-bond acceptors (Lipinski definition) is 3. The fraction of sp³-hybridized carbons (Fsp3) is 0.350. The highest BCUT2D eigenvalue weighted by molar-refractivity contribution is 8.00. The van der Waals surface area contributed by atoms with E-state index in [1.807, 2.05) is 61.5 Å². The van der Waals surface area contributed by atoms with Gasteiger partial charge in [0.05, 0.1) is 11.3 Å². The van der Waals surface area contributed by atoms with Gasteiger partial charge in [-0.25, -0.2) is 0 Å². The molecule has 3 rings (SSSR count). The summed E-state index contributed by atoms with van der Waals surface area (Å²) in [6, 6.07) is 18.0. The summed E-state index contributed by atoms with van der Waals surface area (Å²) in [5.74, 6) is 0.920. The van der Waals surface area contributed by atoms with E-state index >= 15 is 0 Å². The van der Waals surface area contributed by atoms with Crippen LogP contribution < -0.4 is 10.1 Å². The number of carbonyl (C=O) groups is 1. The number of hydrogen-bond donors (Lipinski definition) is 1. The first-order valence-corrected chi connectivity index (χ1v) is 9.13. The first-order valence-electron chi connectivity index (χ1n) is 8.25. The molecule has 1 amide bonds. The Labute approximate surface area is 147 Å². The van der Waals surface area contributed by atoms with Crippen molar-refractivity contribution < 1.29 is 9.53 Å². The van der Waals surface area contributed by atoms with E-state index in [4.69, 9.17) is 4.74 Å². The molecule has 2 atom stereocenters. The number of benzene rings is 2. The molecule has 1 aliphatic rings. The van der Waals surface area contributed by atoms with Gasteiger partial charge in [0, 0.05) is 16.9 Å².